The van der Waals surface area contributed by atoms with E-state index in [1.807, 2.05) is 0 Å². The molecule has 1 N–H and O–H groups in total. The highest BCUT2D eigenvalue weighted by Crippen LogP contribution is 2.02. The van der Waals surface area contributed by atoms with Crippen LogP contribution in [0, 0.1) is 0 Å². The lowest BCUT2D eigenvalue weighted by molar-refractivity contribution is 0.00208. The fourth-order valence-corrected chi connectivity index (χ4v) is 0.497. The zero-order chi connectivity index (χ0) is 7.98. The van der Waals surface area contributed by atoms with Crippen molar-refractivity contribution in [2.75, 3.05) is 20.3 Å². The van der Waals surface area contributed by atoms with E-state index in [4.69, 9.17) is 14.6 Å². The maximum Gasteiger partial charge on any atom is 0.126 e. The Bertz CT molecular complexity index is 77.4. The highest BCUT2D eigenvalue weighted by Gasteiger charge is 2.08. The van der Waals surface area contributed by atoms with E-state index in [1.165, 1.54) is 0 Å². The molecule has 10 heavy (non-hydrogen) atoms. The van der Waals surface area contributed by atoms with E-state index in [0.717, 1.165) is 0 Å². The van der Waals surface area contributed by atoms with E-state index >= 15 is 0 Å². The van der Waals surface area contributed by atoms with Crippen LogP contribution in [0.5, 0.6) is 0 Å². The molecule has 0 aliphatic rings. The van der Waals surface area contributed by atoms with Gasteiger partial charge in [-0.2, -0.15) is 0 Å². The molecule has 0 saturated heterocycles. The molecule has 3 nitrogen and oxygen atoms in total. The standard InChI is InChI=1S/C6H14O3S/c1-5(7)6(10)9-4-3-8-2/h5-7,10H,3-4H2,1-2H3. The molecule has 0 bridgehead atoms. The molecule has 0 rings (SSSR count). The van der Waals surface area contributed by atoms with E-state index < -0.39 is 11.5 Å². The minimum absolute atomic E-state index is 0.407. The first-order chi connectivity index (χ1) is 4.68. The number of hydrogen-bond donors (Lipinski definition) is 2. The zero-order valence-electron chi connectivity index (χ0n) is 6.28. The maximum atomic E-state index is 8.88. The van der Waals surface area contributed by atoms with Crippen molar-refractivity contribution in [2.45, 2.75) is 18.5 Å². The fraction of sp³-hybridized carbons (Fsp3) is 1.00. The van der Waals surface area contributed by atoms with Gasteiger partial charge in [0.05, 0.1) is 19.3 Å². The first-order valence-electron chi connectivity index (χ1n) is 3.15. The number of ether oxygens (including phenoxy) is 2. The van der Waals surface area contributed by atoms with Gasteiger partial charge in [-0.25, -0.2) is 0 Å². The van der Waals surface area contributed by atoms with Gasteiger partial charge in [-0.3, -0.25) is 0 Å². The van der Waals surface area contributed by atoms with Crippen molar-refractivity contribution in [3.8, 4) is 0 Å². The molecule has 0 saturated carbocycles. The Hall–Kier alpha value is 0.230. The molecule has 62 valence electrons. The summed E-state index contributed by atoms with van der Waals surface area (Å²) in [6, 6.07) is 0. The average Bonchev–Trinajstić information content (AvgIpc) is 1.88. The van der Waals surface area contributed by atoms with E-state index in [1.54, 1.807) is 14.0 Å². The largest absolute Gasteiger partial charge is 0.390 e. The molecule has 2 unspecified atom stereocenters. The highest BCUT2D eigenvalue weighted by molar-refractivity contribution is 7.80. The Labute approximate surface area is 66.7 Å². The highest BCUT2D eigenvalue weighted by atomic mass is 32.1. The number of thiol groups is 1. The molecule has 0 aromatic carbocycles. The number of hydrogen-bond acceptors (Lipinski definition) is 4. The molecule has 0 spiro atoms. The second kappa shape index (κ2) is 5.97. The molecular weight excluding hydrogens is 152 g/mol. The summed E-state index contributed by atoms with van der Waals surface area (Å²) in [5.74, 6) is 0. The monoisotopic (exact) mass is 166 g/mol. The predicted molar refractivity (Wildman–Crippen MR) is 42.3 cm³/mol. The van der Waals surface area contributed by atoms with Crippen LogP contribution in [0.1, 0.15) is 6.92 Å². The molecule has 0 heterocycles. The van der Waals surface area contributed by atoms with Crippen LogP contribution in [-0.4, -0.2) is 37.0 Å². The van der Waals surface area contributed by atoms with Gasteiger partial charge in [0.25, 0.3) is 0 Å². The summed E-state index contributed by atoms with van der Waals surface area (Å²) < 4.78 is 9.76. The molecule has 0 aromatic heterocycles. The van der Waals surface area contributed by atoms with Crippen molar-refractivity contribution >= 4 is 12.6 Å². The number of rotatable bonds is 5. The van der Waals surface area contributed by atoms with Crippen LogP contribution < -0.4 is 0 Å². The van der Waals surface area contributed by atoms with E-state index in [9.17, 15) is 0 Å². The lowest BCUT2D eigenvalue weighted by Gasteiger charge is -2.13. The molecule has 2 atom stereocenters. The van der Waals surface area contributed by atoms with Crippen molar-refractivity contribution in [1.82, 2.24) is 0 Å². The third kappa shape index (κ3) is 5.05. The van der Waals surface area contributed by atoms with Gasteiger partial charge >= 0.3 is 0 Å². The van der Waals surface area contributed by atoms with Gasteiger partial charge in [-0.05, 0) is 6.92 Å². The normalized spacial score (nSPS) is 16.8. The molecule has 0 aliphatic carbocycles. The van der Waals surface area contributed by atoms with Crippen LogP contribution in [0.25, 0.3) is 0 Å². The van der Waals surface area contributed by atoms with Crippen molar-refractivity contribution in [3.05, 3.63) is 0 Å². The van der Waals surface area contributed by atoms with Crippen LogP contribution in [0.2, 0.25) is 0 Å². The van der Waals surface area contributed by atoms with E-state index in [2.05, 4.69) is 12.6 Å². The molecular formula is C6H14O3S. The lowest BCUT2D eigenvalue weighted by atomic mass is 10.4. The summed E-state index contributed by atoms with van der Waals surface area (Å²) in [7, 11) is 1.60. The maximum absolute atomic E-state index is 8.88. The summed E-state index contributed by atoms with van der Waals surface area (Å²) in [6.45, 7) is 2.63. The topological polar surface area (TPSA) is 38.7 Å². The quantitative estimate of drug-likeness (QED) is 0.350. The Balaban J connectivity index is 3.13. The summed E-state index contributed by atoms with van der Waals surface area (Å²) in [6.07, 6.45) is -0.541. The Morgan fingerprint density at radius 2 is 2.10 bits per heavy atom. The van der Waals surface area contributed by atoms with Crippen molar-refractivity contribution in [2.24, 2.45) is 0 Å². The Morgan fingerprint density at radius 1 is 1.50 bits per heavy atom. The average molecular weight is 166 g/mol. The molecule has 0 amide bonds. The van der Waals surface area contributed by atoms with Gasteiger partial charge in [-0.15, -0.1) is 12.6 Å². The van der Waals surface area contributed by atoms with Gasteiger partial charge in [0, 0.05) is 7.11 Å². The number of methoxy groups -OCH3 is 1. The Morgan fingerprint density at radius 3 is 2.50 bits per heavy atom. The van der Waals surface area contributed by atoms with Gasteiger partial charge in [0.15, 0.2) is 0 Å². The summed E-state index contributed by atoms with van der Waals surface area (Å²) in [5, 5.41) is 8.88. The first kappa shape index (κ1) is 10.2. The summed E-state index contributed by atoms with van der Waals surface area (Å²) in [4.78, 5) is 0. The molecule has 0 aliphatic heterocycles. The van der Waals surface area contributed by atoms with E-state index in [0.29, 0.717) is 13.2 Å². The third-order valence-corrected chi connectivity index (χ3v) is 1.57. The molecule has 0 radical (unpaired) electrons. The second-order valence-electron chi connectivity index (χ2n) is 1.99. The van der Waals surface area contributed by atoms with Crippen LogP contribution in [0.4, 0.5) is 0 Å². The lowest BCUT2D eigenvalue weighted by Crippen LogP contribution is -2.21. The number of aliphatic hydroxyl groups excluding tert-OH is 1. The van der Waals surface area contributed by atoms with Gasteiger partial charge in [0.1, 0.15) is 5.44 Å². The SMILES string of the molecule is COCCOC(S)C(C)O. The smallest absolute Gasteiger partial charge is 0.126 e. The molecule has 0 fully saturated rings. The summed E-state index contributed by atoms with van der Waals surface area (Å²) in [5.41, 5.74) is -0.407. The van der Waals surface area contributed by atoms with Gasteiger partial charge in [0.2, 0.25) is 0 Å². The van der Waals surface area contributed by atoms with Crippen LogP contribution >= 0.6 is 12.6 Å². The summed E-state index contributed by atoms with van der Waals surface area (Å²) >= 11 is 3.97. The van der Waals surface area contributed by atoms with Crippen molar-refractivity contribution in [3.63, 3.8) is 0 Å². The van der Waals surface area contributed by atoms with Gasteiger partial charge in [-0.1, -0.05) is 0 Å². The van der Waals surface area contributed by atoms with Crippen LogP contribution in [0.3, 0.4) is 0 Å². The van der Waals surface area contributed by atoms with Gasteiger partial charge < -0.3 is 14.6 Å². The second-order valence-corrected chi connectivity index (χ2v) is 2.50. The zero-order valence-corrected chi connectivity index (χ0v) is 7.17. The van der Waals surface area contributed by atoms with Crippen molar-refractivity contribution in [1.29, 1.82) is 0 Å². The van der Waals surface area contributed by atoms with Crippen LogP contribution in [-0.2, 0) is 9.47 Å². The number of aliphatic hydroxyl groups is 1. The molecule has 4 heteroatoms. The predicted octanol–water partition coefficient (Wildman–Crippen LogP) is 0.286. The third-order valence-electron chi connectivity index (χ3n) is 0.989. The van der Waals surface area contributed by atoms with Crippen molar-refractivity contribution < 1.29 is 14.6 Å². The van der Waals surface area contributed by atoms with E-state index in [-0.39, 0.29) is 0 Å². The Kier molecular flexibility index (Phi) is 6.11. The minimum Gasteiger partial charge on any atom is -0.390 e. The first-order valence-corrected chi connectivity index (χ1v) is 3.66. The minimum atomic E-state index is -0.541. The van der Waals surface area contributed by atoms with Crippen LogP contribution in [0.15, 0.2) is 0 Å². The molecule has 0 aromatic rings. The fourth-order valence-electron chi connectivity index (χ4n) is 0.391.